The molecule has 1 saturated carbocycles. The van der Waals surface area contributed by atoms with E-state index in [1.807, 2.05) is 11.9 Å². The summed E-state index contributed by atoms with van der Waals surface area (Å²) in [6.07, 6.45) is 9.19. The Morgan fingerprint density at radius 1 is 1.15 bits per heavy atom. The minimum Gasteiger partial charge on any atom is -0.348 e. The highest BCUT2D eigenvalue weighted by molar-refractivity contribution is 5.76. The normalized spacial score (nSPS) is 22.3. The van der Waals surface area contributed by atoms with Gasteiger partial charge in [0.2, 0.25) is 5.91 Å². The first-order chi connectivity index (χ1) is 9.67. The first-order valence-corrected chi connectivity index (χ1v) is 8.20. The predicted molar refractivity (Wildman–Crippen MR) is 78.4 cm³/mol. The average molecular weight is 283 g/mol. The van der Waals surface area contributed by atoms with Crippen molar-refractivity contribution in [1.82, 2.24) is 4.90 Å². The van der Waals surface area contributed by atoms with Crippen LogP contribution in [0, 0.1) is 0 Å². The van der Waals surface area contributed by atoms with Crippen LogP contribution in [0.5, 0.6) is 0 Å². The van der Waals surface area contributed by atoms with Crippen molar-refractivity contribution in [2.24, 2.45) is 0 Å². The van der Waals surface area contributed by atoms with Crippen molar-refractivity contribution in [2.45, 2.75) is 76.5 Å². The van der Waals surface area contributed by atoms with Crippen LogP contribution in [0.15, 0.2) is 0 Å². The second-order valence-corrected chi connectivity index (χ2v) is 6.15. The summed E-state index contributed by atoms with van der Waals surface area (Å²) in [7, 11) is 1.96. The molecule has 2 fully saturated rings. The quantitative estimate of drug-likeness (QED) is 0.703. The van der Waals surface area contributed by atoms with Crippen molar-refractivity contribution < 1.29 is 14.3 Å². The second kappa shape index (κ2) is 7.41. The maximum absolute atomic E-state index is 12.2. The number of ether oxygens (including phenoxy) is 2. The van der Waals surface area contributed by atoms with Crippen molar-refractivity contribution >= 4 is 5.91 Å². The lowest BCUT2D eigenvalue weighted by Crippen LogP contribution is -2.44. The third-order valence-corrected chi connectivity index (χ3v) is 4.72. The Hall–Kier alpha value is -0.610. The molecular formula is C16H29NO3. The molecule has 1 heterocycles. The smallest absolute Gasteiger partial charge is 0.222 e. The topological polar surface area (TPSA) is 38.8 Å². The molecule has 2 rings (SSSR count). The van der Waals surface area contributed by atoms with Crippen LogP contribution in [0.3, 0.4) is 0 Å². The molecule has 0 atom stereocenters. The molecule has 0 N–H and O–H groups in total. The van der Waals surface area contributed by atoms with Crippen LogP contribution < -0.4 is 0 Å². The Bertz CT molecular complexity index is 303. The number of rotatable bonds is 6. The summed E-state index contributed by atoms with van der Waals surface area (Å²) in [5.74, 6) is -0.0167. The molecule has 0 aromatic heterocycles. The van der Waals surface area contributed by atoms with E-state index in [-0.39, 0.29) is 5.79 Å². The fraction of sp³-hybridized carbons (Fsp3) is 0.938. The van der Waals surface area contributed by atoms with Crippen LogP contribution in [0.2, 0.25) is 0 Å². The lowest BCUT2D eigenvalue weighted by Gasteiger charge is -2.39. The molecule has 0 unspecified atom stereocenters. The predicted octanol–water partition coefficient (Wildman–Crippen LogP) is 3.10. The van der Waals surface area contributed by atoms with Gasteiger partial charge in [-0.15, -0.1) is 0 Å². The maximum Gasteiger partial charge on any atom is 0.222 e. The first kappa shape index (κ1) is 15.8. The summed E-state index contributed by atoms with van der Waals surface area (Å²) in [6, 6.07) is 0.368. The standard InChI is InChI=1S/C16H29NO3/c1-3-4-5-6-7-15(18)17(2)14-8-10-16(11-9-14)19-12-13-20-16/h14H,3-13H2,1-2H3. The largest absolute Gasteiger partial charge is 0.348 e. The molecule has 4 nitrogen and oxygen atoms in total. The molecule has 1 aliphatic heterocycles. The fourth-order valence-corrected chi connectivity index (χ4v) is 3.30. The Morgan fingerprint density at radius 2 is 1.80 bits per heavy atom. The Labute approximate surface area is 122 Å². The number of hydrogen-bond acceptors (Lipinski definition) is 3. The third kappa shape index (κ3) is 3.95. The van der Waals surface area contributed by atoms with Gasteiger partial charge in [-0.25, -0.2) is 0 Å². The summed E-state index contributed by atoms with van der Waals surface area (Å²) in [4.78, 5) is 14.1. The molecule has 0 bridgehead atoms. The van der Waals surface area contributed by atoms with Crippen LogP contribution in [0.1, 0.15) is 64.7 Å². The Balaban J connectivity index is 1.70. The maximum atomic E-state index is 12.2. The molecule has 1 spiro atoms. The molecule has 4 heteroatoms. The summed E-state index contributed by atoms with van der Waals surface area (Å²) < 4.78 is 11.5. The summed E-state index contributed by atoms with van der Waals surface area (Å²) in [6.45, 7) is 3.63. The van der Waals surface area contributed by atoms with E-state index in [0.29, 0.717) is 18.4 Å². The van der Waals surface area contributed by atoms with Crippen LogP contribution in [0.4, 0.5) is 0 Å². The molecule has 1 amide bonds. The Kier molecular flexibility index (Phi) is 5.85. The number of unbranched alkanes of at least 4 members (excludes halogenated alkanes) is 3. The highest BCUT2D eigenvalue weighted by Crippen LogP contribution is 2.37. The van der Waals surface area contributed by atoms with Crippen LogP contribution in [0.25, 0.3) is 0 Å². The lowest BCUT2D eigenvalue weighted by atomic mass is 9.89. The van der Waals surface area contributed by atoms with Crippen molar-refractivity contribution in [3.63, 3.8) is 0 Å². The van der Waals surface area contributed by atoms with Gasteiger partial charge in [-0.05, 0) is 19.3 Å². The van der Waals surface area contributed by atoms with Gasteiger partial charge in [-0.2, -0.15) is 0 Å². The van der Waals surface area contributed by atoms with E-state index >= 15 is 0 Å². The molecular weight excluding hydrogens is 254 g/mol. The summed E-state index contributed by atoms with van der Waals surface area (Å²) in [5, 5.41) is 0. The van der Waals surface area contributed by atoms with E-state index in [0.717, 1.165) is 45.3 Å². The molecule has 0 aromatic rings. The number of carbonyl (C=O) groups is 1. The summed E-state index contributed by atoms with van der Waals surface area (Å²) >= 11 is 0. The molecule has 1 saturated heterocycles. The van der Waals surface area contributed by atoms with Crippen molar-refractivity contribution in [1.29, 1.82) is 0 Å². The molecule has 0 radical (unpaired) electrons. The van der Waals surface area contributed by atoms with Crippen molar-refractivity contribution in [2.75, 3.05) is 20.3 Å². The molecule has 116 valence electrons. The van der Waals surface area contributed by atoms with Gasteiger partial charge in [0.25, 0.3) is 0 Å². The number of carbonyl (C=O) groups excluding carboxylic acids is 1. The van der Waals surface area contributed by atoms with Crippen molar-refractivity contribution in [3.05, 3.63) is 0 Å². The van der Waals surface area contributed by atoms with Crippen LogP contribution in [-0.2, 0) is 14.3 Å². The van der Waals surface area contributed by atoms with Crippen LogP contribution >= 0.6 is 0 Å². The van der Waals surface area contributed by atoms with Gasteiger partial charge in [0.15, 0.2) is 5.79 Å². The molecule has 20 heavy (non-hydrogen) atoms. The van der Waals surface area contributed by atoms with Gasteiger partial charge in [-0.3, -0.25) is 4.79 Å². The Morgan fingerprint density at radius 3 is 2.40 bits per heavy atom. The SMILES string of the molecule is CCCCCCC(=O)N(C)C1CCC2(CC1)OCCO2. The van der Waals surface area contributed by atoms with Gasteiger partial charge < -0.3 is 14.4 Å². The van der Waals surface area contributed by atoms with Gasteiger partial charge in [0.05, 0.1) is 13.2 Å². The van der Waals surface area contributed by atoms with Crippen molar-refractivity contribution in [3.8, 4) is 0 Å². The minimum atomic E-state index is -0.318. The van der Waals surface area contributed by atoms with E-state index in [2.05, 4.69) is 6.92 Å². The highest BCUT2D eigenvalue weighted by atomic mass is 16.7. The lowest BCUT2D eigenvalue weighted by molar-refractivity contribution is -0.184. The van der Waals surface area contributed by atoms with E-state index in [1.165, 1.54) is 19.3 Å². The highest BCUT2D eigenvalue weighted by Gasteiger charge is 2.41. The fourth-order valence-electron chi connectivity index (χ4n) is 3.30. The number of hydrogen-bond donors (Lipinski definition) is 0. The van der Waals surface area contributed by atoms with Gasteiger partial charge in [-0.1, -0.05) is 26.2 Å². The zero-order chi connectivity index (χ0) is 14.4. The zero-order valence-corrected chi connectivity index (χ0v) is 13.0. The minimum absolute atomic E-state index is 0.301. The van der Waals surface area contributed by atoms with Gasteiger partial charge in [0, 0.05) is 32.4 Å². The monoisotopic (exact) mass is 283 g/mol. The van der Waals surface area contributed by atoms with E-state index in [4.69, 9.17) is 9.47 Å². The first-order valence-electron chi connectivity index (χ1n) is 8.20. The molecule has 2 aliphatic rings. The zero-order valence-electron chi connectivity index (χ0n) is 13.0. The third-order valence-electron chi connectivity index (χ3n) is 4.72. The van der Waals surface area contributed by atoms with E-state index in [9.17, 15) is 4.79 Å². The number of amides is 1. The van der Waals surface area contributed by atoms with E-state index in [1.54, 1.807) is 0 Å². The molecule has 1 aliphatic carbocycles. The van der Waals surface area contributed by atoms with Gasteiger partial charge in [0.1, 0.15) is 0 Å². The average Bonchev–Trinajstić information content (AvgIpc) is 2.92. The second-order valence-electron chi connectivity index (χ2n) is 6.15. The number of nitrogens with zero attached hydrogens (tertiary/aromatic N) is 1. The summed E-state index contributed by atoms with van der Waals surface area (Å²) in [5.41, 5.74) is 0. The van der Waals surface area contributed by atoms with E-state index < -0.39 is 0 Å². The van der Waals surface area contributed by atoms with Gasteiger partial charge >= 0.3 is 0 Å². The van der Waals surface area contributed by atoms with Crippen LogP contribution in [-0.4, -0.2) is 42.9 Å². The molecule has 0 aromatic carbocycles.